The molecule has 0 aliphatic rings. The van der Waals surface area contributed by atoms with E-state index in [1.165, 1.54) is 30.0 Å². The molecule has 7 nitrogen and oxygen atoms in total. The van der Waals surface area contributed by atoms with E-state index in [4.69, 9.17) is 4.42 Å². The summed E-state index contributed by atoms with van der Waals surface area (Å²) in [6.45, 7) is 3.92. The van der Waals surface area contributed by atoms with Crippen LogP contribution in [-0.2, 0) is 11.3 Å². The number of thioether (sulfide) groups is 1. The van der Waals surface area contributed by atoms with Crippen molar-refractivity contribution in [1.82, 2.24) is 15.5 Å². The van der Waals surface area contributed by atoms with Crippen LogP contribution in [0.3, 0.4) is 0 Å². The number of anilines is 1. The van der Waals surface area contributed by atoms with Crippen molar-refractivity contribution in [3.8, 4) is 0 Å². The van der Waals surface area contributed by atoms with Crippen molar-refractivity contribution >= 4 is 39.9 Å². The fourth-order valence-electron chi connectivity index (χ4n) is 2.47. The van der Waals surface area contributed by atoms with Crippen LogP contribution in [0.5, 0.6) is 0 Å². The largest absolute Gasteiger partial charge is 0.467 e. The van der Waals surface area contributed by atoms with Crippen molar-refractivity contribution in [1.29, 1.82) is 0 Å². The Balaban J connectivity index is 1.49. The number of nitrogens with zero attached hydrogens (tertiary/aromatic N) is 2. The van der Waals surface area contributed by atoms with Crippen LogP contribution in [0.4, 0.5) is 5.13 Å². The van der Waals surface area contributed by atoms with Crippen LogP contribution in [0.25, 0.3) is 0 Å². The summed E-state index contributed by atoms with van der Waals surface area (Å²) >= 11 is 2.76. The molecular formula is C19H20N4O3S2. The first-order chi connectivity index (χ1) is 13.5. The first kappa shape index (κ1) is 20.1. The highest BCUT2D eigenvalue weighted by Crippen LogP contribution is 2.26. The number of aromatic nitrogens is 2. The molecule has 1 aromatic carbocycles. The SMILES string of the molecule is CC(=O)N[C@H](C)c1ccc(C(=O)CSc2nnc(NCc3ccco3)s2)cc1. The molecule has 2 heterocycles. The lowest BCUT2D eigenvalue weighted by Gasteiger charge is -2.13. The second kappa shape index (κ2) is 9.52. The molecule has 2 aromatic heterocycles. The predicted octanol–water partition coefficient (Wildman–Crippen LogP) is 3.92. The van der Waals surface area contributed by atoms with E-state index in [0.717, 1.165) is 15.7 Å². The van der Waals surface area contributed by atoms with Crippen LogP contribution in [0.2, 0.25) is 0 Å². The van der Waals surface area contributed by atoms with Gasteiger partial charge in [0.2, 0.25) is 11.0 Å². The van der Waals surface area contributed by atoms with Gasteiger partial charge in [-0.1, -0.05) is 47.4 Å². The molecular weight excluding hydrogens is 396 g/mol. The molecule has 0 spiro atoms. The van der Waals surface area contributed by atoms with Crippen molar-refractivity contribution in [3.05, 3.63) is 59.5 Å². The van der Waals surface area contributed by atoms with Crippen LogP contribution in [0.1, 0.15) is 41.6 Å². The maximum atomic E-state index is 12.4. The number of carbonyl (C=O) groups excluding carboxylic acids is 2. The van der Waals surface area contributed by atoms with Gasteiger partial charge in [0.15, 0.2) is 10.1 Å². The van der Waals surface area contributed by atoms with Gasteiger partial charge in [-0.15, -0.1) is 10.2 Å². The summed E-state index contributed by atoms with van der Waals surface area (Å²) in [6.07, 6.45) is 1.62. The van der Waals surface area contributed by atoms with Gasteiger partial charge < -0.3 is 15.1 Å². The van der Waals surface area contributed by atoms with Crippen molar-refractivity contribution < 1.29 is 14.0 Å². The fraction of sp³-hybridized carbons (Fsp3) is 0.263. The van der Waals surface area contributed by atoms with Crippen LogP contribution in [0, 0.1) is 0 Å². The molecule has 0 radical (unpaired) electrons. The minimum atomic E-state index is -0.0930. The van der Waals surface area contributed by atoms with Gasteiger partial charge in [-0.2, -0.15) is 0 Å². The quantitative estimate of drug-likeness (QED) is 0.403. The third-order valence-corrected chi connectivity index (χ3v) is 5.89. The molecule has 0 aliphatic carbocycles. The highest BCUT2D eigenvalue weighted by molar-refractivity contribution is 8.01. The molecule has 0 unspecified atom stereocenters. The number of rotatable bonds is 9. The lowest BCUT2D eigenvalue weighted by molar-refractivity contribution is -0.119. The van der Waals surface area contributed by atoms with Crippen LogP contribution in [-0.4, -0.2) is 27.6 Å². The minimum absolute atomic E-state index is 0.0176. The molecule has 2 N–H and O–H groups in total. The standard InChI is InChI=1S/C19H20N4O3S2/c1-12(21-13(2)24)14-5-7-15(8-6-14)17(25)11-27-19-23-22-18(28-19)20-10-16-4-3-9-26-16/h3-9,12H,10-11H2,1-2H3,(H,20,22)(H,21,24)/t12-/m1/s1. The number of hydrogen-bond acceptors (Lipinski definition) is 8. The zero-order valence-electron chi connectivity index (χ0n) is 15.5. The van der Waals surface area contributed by atoms with Gasteiger partial charge in [0.1, 0.15) is 5.76 Å². The number of carbonyl (C=O) groups is 2. The maximum Gasteiger partial charge on any atom is 0.217 e. The Labute approximate surface area is 170 Å². The predicted molar refractivity (Wildman–Crippen MR) is 110 cm³/mol. The molecule has 1 amide bonds. The first-order valence-corrected chi connectivity index (χ1v) is 10.4. The zero-order chi connectivity index (χ0) is 19.9. The van der Waals surface area contributed by atoms with Gasteiger partial charge in [-0.3, -0.25) is 9.59 Å². The first-order valence-electron chi connectivity index (χ1n) is 8.64. The van der Waals surface area contributed by atoms with E-state index in [0.29, 0.717) is 17.2 Å². The van der Waals surface area contributed by atoms with E-state index in [1.54, 1.807) is 18.4 Å². The van der Waals surface area contributed by atoms with E-state index in [-0.39, 0.29) is 23.5 Å². The summed E-state index contributed by atoms with van der Waals surface area (Å²) < 4.78 is 5.98. The molecule has 0 fully saturated rings. The number of ketones is 1. The number of amides is 1. The summed E-state index contributed by atoms with van der Waals surface area (Å²) in [5.74, 6) is 1.03. The second-order valence-electron chi connectivity index (χ2n) is 6.06. The summed E-state index contributed by atoms with van der Waals surface area (Å²) in [6, 6.07) is 10.9. The third-order valence-electron chi connectivity index (χ3n) is 3.88. The van der Waals surface area contributed by atoms with E-state index in [1.807, 2.05) is 31.2 Å². The Morgan fingerprint density at radius 1 is 1.21 bits per heavy atom. The topological polar surface area (TPSA) is 97.1 Å². The average molecular weight is 417 g/mol. The molecule has 9 heteroatoms. The van der Waals surface area contributed by atoms with Gasteiger partial charge in [0.25, 0.3) is 0 Å². The van der Waals surface area contributed by atoms with Gasteiger partial charge in [0, 0.05) is 12.5 Å². The Bertz CT molecular complexity index is 923. The maximum absolute atomic E-state index is 12.4. The summed E-state index contributed by atoms with van der Waals surface area (Å²) in [4.78, 5) is 23.5. The van der Waals surface area contributed by atoms with Crippen LogP contribution in [0.15, 0.2) is 51.4 Å². The molecule has 3 rings (SSSR count). The van der Waals surface area contributed by atoms with Crippen LogP contribution >= 0.6 is 23.1 Å². The number of benzene rings is 1. The summed E-state index contributed by atoms with van der Waals surface area (Å²) in [5.41, 5.74) is 1.59. The average Bonchev–Trinajstić information content (AvgIpc) is 3.36. The summed E-state index contributed by atoms with van der Waals surface area (Å²) in [5, 5.41) is 14.8. The van der Waals surface area contributed by atoms with Gasteiger partial charge >= 0.3 is 0 Å². The third kappa shape index (κ3) is 5.67. The number of hydrogen-bond donors (Lipinski definition) is 2. The van der Waals surface area contributed by atoms with E-state index in [2.05, 4.69) is 20.8 Å². The molecule has 0 bridgehead atoms. The Morgan fingerprint density at radius 3 is 2.68 bits per heavy atom. The lowest BCUT2D eigenvalue weighted by Crippen LogP contribution is -2.23. The lowest BCUT2D eigenvalue weighted by atomic mass is 10.0. The fourth-order valence-corrected chi connectivity index (χ4v) is 4.11. The molecule has 0 aliphatic heterocycles. The Morgan fingerprint density at radius 2 is 2.00 bits per heavy atom. The molecule has 146 valence electrons. The van der Waals surface area contributed by atoms with E-state index < -0.39 is 0 Å². The second-order valence-corrected chi connectivity index (χ2v) is 8.26. The van der Waals surface area contributed by atoms with Crippen LogP contribution < -0.4 is 10.6 Å². The smallest absolute Gasteiger partial charge is 0.217 e. The molecule has 0 saturated heterocycles. The minimum Gasteiger partial charge on any atom is -0.467 e. The van der Waals surface area contributed by atoms with Crippen molar-refractivity contribution in [2.75, 3.05) is 11.1 Å². The molecule has 0 saturated carbocycles. The van der Waals surface area contributed by atoms with E-state index in [9.17, 15) is 9.59 Å². The monoisotopic (exact) mass is 416 g/mol. The van der Waals surface area contributed by atoms with Gasteiger partial charge in [-0.05, 0) is 24.6 Å². The Hall–Kier alpha value is -2.65. The summed E-state index contributed by atoms with van der Waals surface area (Å²) in [7, 11) is 0. The zero-order valence-corrected chi connectivity index (χ0v) is 17.1. The number of nitrogens with one attached hydrogen (secondary N) is 2. The Kier molecular flexibility index (Phi) is 6.83. The van der Waals surface area contributed by atoms with E-state index >= 15 is 0 Å². The number of furan rings is 1. The molecule has 3 aromatic rings. The molecule has 28 heavy (non-hydrogen) atoms. The van der Waals surface area contributed by atoms with Crippen molar-refractivity contribution in [2.45, 2.75) is 30.8 Å². The highest BCUT2D eigenvalue weighted by atomic mass is 32.2. The van der Waals surface area contributed by atoms with Crippen molar-refractivity contribution in [2.24, 2.45) is 0 Å². The molecule has 1 atom stereocenters. The highest BCUT2D eigenvalue weighted by Gasteiger charge is 2.12. The number of Topliss-reactive ketones (excluding diaryl/α,β-unsaturated/α-hetero) is 1. The van der Waals surface area contributed by atoms with Gasteiger partial charge in [-0.25, -0.2) is 0 Å². The van der Waals surface area contributed by atoms with Crippen molar-refractivity contribution in [3.63, 3.8) is 0 Å². The normalized spacial score (nSPS) is 11.8. The van der Waals surface area contributed by atoms with Gasteiger partial charge in [0.05, 0.1) is 24.6 Å².